The van der Waals surface area contributed by atoms with Gasteiger partial charge in [0.15, 0.2) is 0 Å². The highest BCUT2D eigenvalue weighted by Crippen LogP contribution is 2.29. The molecule has 0 bridgehead atoms. The van der Waals surface area contributed by atoms with Gasteiger partial charge in [-0.2, -0.15) is 0 Å². The van der Waals surface area contributed by atoms with Gasteiger partial charge in [-0.15, -0.1) is 11.3 Å². The van der Waals surface area contributed by atoms with E-state index < -0.39 is 12.1 Å². The molecule has 2 rings (SSSR count). The Bertz CT molecular complexity index is 533. The summed E-state index contributed by atoms with van der Waals surface area (Å²) in [6, 6.07) is 5.03. The van der Waals surface area contributed by atoms with E-state index in [0.29, 0.717) is 10.4 Å². The number of aliphatic hydroxyl groups excluding tert-OH is 1. The number of rotatable bonds is 3. The number of aromatic nitrogens is 1. The quantitative estimate of drug-likeness (QED) is 0.875. The number of aryl methyl sites for hydroxylation is 1. The monoisotopic (exact) mass is 249 g/mol. The van der Waals surface area contributed by atoms with Gasteiger partial charge in [0.05, 0.1) is 10.4 Å². The molecule has 88 valence electrons. The smallest absolute Gasteiger partial charge is 0.336 e. The van der Waals surface area contributed by atoms with Crippen LogP contribution in [0.15, 0.2) is 29.8 Å². The molecule has 2 aromatic heterocycles. The third-order valence-corrected chi connectivity index (χ3v) is 3.39. The van der Waals surface area contributed by atoms with E-state index in [9.17, 15) is 9.90 Å². The second-order valence-corrected chi connectivity index (χ2v) is 4.59. The summed E-state index contributed by atoms with van der Waals surface area (Å²) in [4.78, 5) is 15.5. The molecular formula is C12H11NO3S. The molecular weight excluding hydrogens is 238 g/mol. The number of aromatic carboxylic acids is 1. The molecule has 2 heterocycles. The van der Waals surface area contributed by atoms with Gasteiger partial charge in [0.2, 0.25) is 0 Å². The van der Waals surface area contributed by atoms with Crippen molar-refractivity contribution in [1.82, 2.24) is 4.98 Å². The number of nitrogens with zero attached hydrogens (tertiary/aromatic N) is 1. The second kappa shape index (κ2) is 4.65. The lowest BCUT2D eigenvalue weighted by atomic mass is 10.1. The van der Waals surface area contributed by atoms with Gasteiger partial charge in [0.1, 0.15) is 6.10 Å². The third-order valence-electron chi connectivity index (χ3n) is 2.42. The van der Waals surface area contributed by atoms with Crippen LogP contribution < -0.4 is 0 Å². The Kier molecular flexibility index (Phi) is 3.21. The molecule has 0 saturated heterocycles. The molecule has 1 unspecified atom stereocenters. The summed E-state index contributed by atoms with van der Waals surface area (Å²) in [6.45, 7) is 1.85. The standard InChI is InChI=1S/C12H11NO3S/c1-7-2-3-8(6-13-7)10(14)11-9(12(15)16)4-5-17-11/h2-6,10,14H,1H3,(H,15,16). The van der Waals surface area contributed by atoms with Crippen LogP contribution in [-0.2, 0) is 0 Å². The topological polar surface area (TPSA) is 70.4 Å². The number of hydrogen-bond donors (Lipinski definition) is 2. The second-order valence-electron chi connectivity index (χ2n) is 3.64. The fraction of sp³-hybridized carbons (Fsp3) is 0.167. The van der Waals surface area contributed by atoms with E-state index in [-0.39, 0.29) is 5.56 Å². The molecule has 0 saturated carbocycles. The molecule has 0 spiro atoms. The van der Waals surface area contributed by atoms with Gasteiger partial charge < -0.3 is 10.2 Å². The van der Waals surface area contributed by atoms with E-state index in [1.54, 1.807) is 23.7 Å². The van der Waals surface area contributed by atoms with Gasteiger partial charge in [-0.05, 0) is 24.4 Å². The van der Waals surface area contributed by atoms with Crippen LogP contribution in [0, 0.1) is 6.92 Å². The Labute approximate surface area is 102 Å². The molecule has 5 heteroatoms. The fourth-order valence-corrected chi connectivity index (χ4v) is 2.40. The Morgan fingerprint density at radius 3 is 2.76 bits per heavy atom. The highest BCUT2D eigenvalue weighted by molar-refractivity contribution is 7.10. The van der Waals surface area contributed by atoms with Crippen molar-refractivity contribution in [3.05, 3.63) is 51.5 Å². The van der Waals surface area contributed by atoms with Crippen molar-refractivity contribution in [3.63, 3.8) is 0 Å². The van der Waals surface area contributed by atoms with Gasteiger partial charge in [-0.3, -0.25) is 4.98 Å². The van der Waals surface area contributed by atoms with Crippen LogP contribution in [-0.4, -0.2) is 21.2 Å². The van der Waals surface area contributed by atoms with Crippen molar-refractivity contribution in [2.75, 3.05) is 0 Å². The first-order valence-electron chi connectivity index (χ1n) is 5.01. The predicted octanol–water partition coefficient (Wildman–Crippen LogP) is 2.23. The number of hydrogen-bond acceptors (Lipinski definition) is 4. The van der Waals surface area contributed by atoms with Gasteiger partial charge >= 0.3 is 5.97 Å². The average Bonchev–Trinajstić information content (AvgIpc) is 2.78. The van der Waals surface area contributed by atoms with Crippen molar-refractivity contribution in [3.8, 4) is 0 Å². The lowest BCUT2D eigenvalue weighted by Gasteiger charge is -2.10. The van der Waals surface area contributed by atoms with E-state index in [4.69, 9.17) is 5.11 Å². The van der Waals surface area contributed by atoms with Crippen molar-refractivity contribution < 1.29 is 15.0 Å². The Morgan fingerprint density at radius 1 is 1.41 bits per heavy atom. The normalized spacial score (nSPS) is 12.4. The largest absolute Gasteiger partial charge is 0.478 e. The minimum absolute atomic E-state index is 0.142. The van der Waals surface area contributed by atoms with Crippen LogP contribution in [0.25, 0.3) is 0 Å². The van der Waals surface area contributed by atoms with E-state index in [2.05, 4.69) is 4.98 Å². The fourth-order valence-electron chi connectivity index (χ4n) is 1.50. The summed E-state index contributed by atoms with van der Waals surface area (Å²) in [5.41, 5.74) is 1.59. The summed E-state index contributed by atoms with van der Waals surface area (Å²) < 4.78 is 0. The van der Waals surface area contributed by atoms with Crippen molar-refractivity contribution in [2.45, 2.75) is 13.0 Å². The Balaban J connectivity index is 2.36. The van der Waals surface area contributed by atoms with Gasteiger partial charge in [0.25, 0.3) is 0 Å². The first-order chi connectivity index (χ1) is 8.09. The first kappa shape index (κ1) is 11.8. The number of pyridine rings is 1. The van der Waals surface area contributed by atoms with Gasteiger partial charge in [-0.1, -0.05) is 6.07 Å². The molecule has 0 aromatic carbocycles. The highest BCUT2D eigenvalue weighted by atomic mass is 32.1. The zero-order valence-corrected chi connectivity index (χ0v) is 9.94. The summed E-state index contributed by atoms with van der Waals surface area (Å²) >= 11 is 1.23. The van der Waals surface area contributed by atoms with Crippen LogP contribution in [0.5, 0.6) is 0 Å². The third kappa shape index (κ3) is 2.35. The Morgan fingerprint density at radius 2 is 2.18 bits per heavy atom. The van der Waals surface area contributed by atoms with Crippen molar-refractivity contribution in [2.24, 2.45) is 0 Å². The van der Waals surface area contributed by atoms with Crippen molar-refractivity contribution >= 4 is 17.3 Å². The van der Waals surface area contributed by atoms with Crippen LogP contribution in [0.2, 0.25) is 0 Å². The molecule has 0 fully saturated rings. The zero-order chi connectivity index (χ0) is 12.4. The molecule has 0 radical (unpaired) electrons. The zero-order valence-electron chi connectivity index (χ0n) is 9.12. The Hall–Kier alpha value is -1.72. The minimum atomic E-state index is -1.03. The maximum absolute atomic E-state index is 11.0. The summed E-state index contributed by atoms with van der Waals surface area (Å²) in [5.74, 6) is -1.03. The lowest BCUT2D eigenvalue weighted by molar-refractivity contribution is 0.0692. The summed E-state index contributed by atoms with van der Waals surface area (Å²) in [7, 11) is 0. The maximum atomic E-state index is 11.0. The molecule has 4 nitrogen and oxygen atoms in total. The van der Waals surface area contributed by atoms with E-state index in [1.807, 2.05) is 6.92 Å². The average molecular weight is 249 g/mol. The lowest BCUT2D eigenvalue weighted by Crippen LogP contribution is -2.05. The van der Waals surface area contributed by atoms with Gasteiger partial charge in [-0.25, -0.2) is 4.79 Å². The SMILES string of the molecule is Cc1ccc(C(O)c2sccc2C(=O)O)cn1. The summed E-state index contributed by atoms with van der Waals surface area (Å²) in [6.07, 6.45) is 0.625. The van der Waals surface area contributed by atoms with Crippen LogP contribution in [0.3, 0.4) is 0 Å². The number of carbonyl (C=O) groups is 1. The highest BCUT2D eigenvalue weighted by Gasteiger charge is 2.20. The predicted molar refractivity (Wildman–Crippen MR) is 64.3 cm³/mol. The molecule has 17 heavy (non-hydrogen) atoms. The number of carboxylic acid groups (broad SMARTS) is 1. The maximum Gasteiger partial charge on any atom is 0.336 e. The molecule has 0 aliphatic carbocycles. The molecule has 0 amide bonds. The number of carboxylic acids is 1. The first-order valence-corrected chi connectivity index (χ1v) is 5.89. The molecule has 2 aromatic rings. The van der Waals surface area contributed by atoms with Crippen LogP contribution >= 0.6 is 11.3 Å². The van der Waals surface area contributed by atoms with Crippen molar-refractivity contribution in [1.29, 1.82) is 0 Å². The molecule has 2 N–H and O–H groups in total. The van der Waals surface area contributed by atoms with E-state index in [1.165, 1.54) is 17.4 Å². The molecule has 0 aliphatic rings. The van der Waals surface area contributed by atoms with Crippen LogP contribution in [0.4, 0.5) is 0 Å². The number of thiophene rings is 1. The minimum Gasteiger partial charge on any atom is -0.478 e. The van der Waals surface area contributed by atoms with E-state index in [0.717, 1.165) is 5.69 Å². The number of aliphatic hydroxyl groups is 1. The molecule has 1 atom stereocenters. The van der Waals surface area contributed by atoms with E-state index >= 15 is 0 Å². The summed E-state index contributed by atoms with van der Waals surface area (Å²) in [5, 5.41) is 20.7. The van der Waals surface area contributed by atoms with Crippen LogP contribution in [0.1, 0.15) is 32.6 Å². The van der Waals surface area contributed by atoms with Gasteiger partial charge in [0, 0.05) is 17.5 Å². The molecule has 0 aliphatic heterocycles.